The van der Waals surface area contributed by atoms with Gasteiger partial charge in [-0.25, -0.2) is 4.98 Å². The Bertz CT molecular complexity index is 1110. The lowest BCUT2D eigenvalue weighted by molar-refractivity contribution is 0.0774. The standard InChI is InChI=1S/C26H29N3O3/c1-2-32-22-9-7-17(8-10-22)24-13-18-5-3-4-6-23(18)25(28-24)26(31)27-19-14-20(15-19)29-12-11-21(30)16-29/h3-10,13,19-21,30H,2,11-12,14-16H2,1H3,(H,27,31)/t19?,20?,21-/m0/s1. The molecule has 5 rings (SSSR count). The lowest BCUT2D eigenvalue weighted by Gasteiger charge is -2.41. The van der Waals surface area contributed by atoms with Crippen LogP contribution in [0, 0.1) is 0 Å². The lowest BCUT2D eigenvalue weighted by Crippen LogP contribution is -2.53. The highest BCUT2D eigenvalue weighted by Crippen LogP contribution is 2.30. The summed E-state index contributed by atoms with van der Waals surface area (Å²) in [7, 11) is 0. The van der Waals surface area contributed by atoms with Gasteiger partial charge in [0.1, 0.15) is 11.4 Å². The first kappa shape index (κ1) is 20.9. The van der Waals surface area contributed by atoms with Crippen molar-refractivity contribution in [3.8, 4) is 17.0 Å². The zero-order chi connectivity index (χ0) is 22.1. The fraction of sp³-hybridized carbons (Fsp3) is 0.385. The third kappa shape index (κ3) is 4.20. The predicted octanol–water partition coefficient (Wildman–Crippen LogP) is 3.63. The van der Waals surface area contributed by atoms with Gasteiger partial charge in [-0.2, -0.15) is 0 Å². The van der Waals surface area contributed by atoms with Crippen LogP contribution in [-0.2, 0) is 0 Å². The SMILES string of the molecule is CCOc1ccc(-c2cc3ccccc3c(C(=O)NC3CC(N4CC[C@H](O)C4)C3)n2)cc1. The highest BCUT2D eigenvalue weighted by Gasteiger charge is 2.37. The Labute approximate surface area is 188 Å². The van der Waals surface area contributed by atoms with Gasteiger partial charge >= 0.3 is 0 Å². The highest BCUT2D eigenvalue weighted by molar-refractivity contribution is 6.06. The maximum absolute atomic E-state index is 13.2. The molecule has 32 heavy (non-hydrogen) atoms. The molecule has 1 aliphatic heterocycles. The van der Waals surface area contributed by atoms with E-state index in [2.05, 4.69) is 10.2 Å². The quantitative estimate of drug-likeness (QED) is 0.624. The number of β-amino-alcohol motifs (C(OH)–C–C–N with tert-alkyl or cyclic N) is 1. The number of hydrogen-bond acceptors (Lipinski definition) is 5. The molecule has 1 saturated heterocycles. The van der Waals surface area contributed by atoms with E-state index in [1.54, 1.807) is 0 Å². The molecule has 1 atom stereocenters. The van der Waals surface area contributed by atoms with Crippen molar-refractivity contribution in [3.05, 3.63) is 60.3 Å². The molecule has 2 aromatic carbocycles. The molecular weight excluding hydrogens is 402 g/mol. The van der Waals surface area contributed by atoms with Gasteiger partial charge in [-0.15, -0.1) is 0 Å². The average Bonchev–Trinajstić information content (AvgIpc) is 3.21. The molecule has 2 aliphatic rings. The van der Waals surface area contributed by atoms with Crippen LogP contribution in [0.25, 0.3) is 22.0 Å². The maximum atomic E-state index is 13.2. The van der Waals surface area contributed by atoms with Gasteiger partial charge in [-0.05, 0) is 61.9 Å². The number of pyridine rings is 1. The van der Waals surface area contributed by atoms with Gasteiger partial charge in [0.15, 0.2) is 0 Å². The fourth-order valence-electron chi connectivity index (χ4n) is 4.77. The van der Waals surface area contributed by atoms with E-state index in [-0.39, 0.29) is 18.1 Å². The van der Waals surface area contributed by atoms with Crippen molar-refractivity contribution < 1.29 is 14.6 Å². The lowest BCUT2D eigenvalue weighted by atomic mass is 9.85. The summed E-state index contributed by atoms with van der Waals surface area (Å²) in [6, 6.07) is 18.3. The van der Waals surface area contributed by atoms with E-state index in [1.807, 2.05) is 61.5 Å². The summed E-state index contributed by atoms with van der Waals surface area (Å²) in [5, 5.41) is 14.8. The van der Waals surface area contributed by atoms with Gasteiger partial charge < -0.3 is 15.2 Å². The molecule has 0 spiro atoms. The number of fused-ring (bicyclic) bond motifs is 1. The molecule has 1 aliphatic carbocycles. The third-order valence-corrected chi connectivity index (χ3v) is 6.58. The van der Waals surface area contributed by atoms with Gasteiger partial charge in [0.05, 0.1) is 18.4 Å². The topological polar surface area (TPSA) is 74.7 Å². The second-order valence-electron chi connectivity index (χ2n) is 8.77. The Morgan fingerprint density at radius 2 is 1.97 bits per heavy atom. The Kier molecular flexibility index (Phi) is 5.81. The van der Waals surface area contributed by atoms with E-state index < -0.39 is 0 Å². The van der Waals surface area contributed by atoms with Crippen LogP contribution in [0.1, 0.15) is 36.7 Å². The van der Waals surface area contributed by atoms with Crippen LogP contribution in [0.4, 0.5) is 0 Å². The van der Waals surface area contributed by atoms with E-state index in [4.69, 9.17) is 9.72 Å². The second kappa shape index (κ2) is 8.88. The number of aliphatic hydroxyl groups excluding tert-OH is 1. The Morgan fingerprint density at radius 1 is 1.19 bits per heavy atom. The number of hydrogen-bond donors (Lipinski definition) is 2. The summed E-state index contributed by atoms with van der Waals surface area (Å²) in [6.45, 7) is 4.28. The Hall–Kier alpha value is -2.96. The van der Waals surface area contributed by atoms with E-state index in [0.717, 1.165) is 60.1 Å². The molecule has 0 unspecified atom stereocenters. The monoisotopic (exact) mass is 431 g/mol. The van der Waals surface area contributed by atoms with Gasteiger partial charge in [-0.1, -0.05) is 24.3 Å². The molecule has 3 aromatic rings. The molecule has 6 nitrogen and oxygen atoms in total. The zero-order valence-corrected chi connectivity index (χ0v) is 18.3. The van der Waals surface area contributed by atoms with Crippen LogP contribution in [0.3, 0.4) is 0 Å². The van der Waals surface area contributed by atoms with Gasteiger partial charge in [0.2, 0.25) is 0 Å². The van der Waals surface area contributed by atoms with Crippen LogP contribution < -0.4 is 10.1 Å². The summed E-state index contributed by atoms with van der Waals surface area (Å²) in [6.07, 6.45) is 2.50. The first-order chi connectivity index (χ1) is 15.6. The molecule has 1 amide bonds. The van der Waals surface area contributed by atoms with E-state index >= 15 is 0 Å². The Balaban J connectivity index is 1.35. The smallest absolute Gasteiger partial charge is 0.270 e. The number of amides is 1. The van der Waals surface area contributed by atoms with Crippen molar-refractivity contribution in [1.82, 2.24) is 15.2 Å². The zero-order valence-electron chi connectivity index (χ0n) is 18.3. The molecule has 166 valence electrons. The van der Waals surface area contributed by atoms with E-state index in [9.17, 15) is 9.90 Å². The molecule has 0 bridgehead atoms. The number of aromatic nitrogens is 1. The van der Waals surface area contributed by atoms with Crippen LogP contribution >= 0.6 is 0 Å². The summed E-state index contributed by atoms with van der Waals surface area (Å²) < 4.78 is 5.54. The van der Waals surface area contributed by atoms with Crippen molar-refractivity contribution in [2.24, 2.45) is 0 Å². The number of likely N-dealkylation sites (tertiary alicyclic amines) is 1. The van der Waals surface area contributed by atoms with Crippen molar-refractivity contribution in [2.75, 3.05) is 19.7 Å². The largest absolute Gasteiger partial charge is 0.494 e. The number of carbonyl (C=O) groups excluding carboxylic acids is 1. The first-order valence-corrected chi connectivity index (χ1v) is 11.5. The number of benzene rings is 2. The number of carbonyl (C=O) groups is 1. The van der Waals surface area contributed by atoms with Crippen molar-refractivity contribution >= 4 is 16.7 Å². The predicted molar refractivity (Wildman–Crippen MR) is 125 cm³/mol. The van der Waals surface area contributed by atoms with Gasteiger partial charge in [-0.3, -0.25) is 9.69 Å². The molecule has 2 fully saturated rings. The van der Waals surface area contributed by atoms with E-state index in [0.29, 0.717) is 18.3 Å². The third-order valence-electron chi connectivity index (χ3n) is 6.58. The molecule has 2 N–H and O–H groups in total. The fourth-order valence-corrected chi connectivity index (χ4v) is 4.77. The number of nitrogens with zero attached hydrogens (tertiary/aromatic N) is 2. The molecule has 6 heteroatoms. The Morgan fingerprint density at radius 3 is 2.69 bits per heavy atom. The molecular formula is C26H29N3O3. The van der Waals surface area contributed by atoms with Crippen LogP contribution in [0.15, 0.2) is 54.6 Å². The van der Waals surface area contributed by atoms with Crippen molar-refractivity contribution in [1.29, 1.82) is 0 Å². The van der Waals surface area contributed by atoms with Crippen molar-refractivity contribution in [3.63, 3.8) is 0 Å². The summed E-state index contributed by atoms with van der Waals surface area (Å²) in [5.41, 5.74) is 2.19. The van der Waals surface area contributed by atoms with Crippen LogP contribution in [0.2, 0.25) is 0 Å². The number of ether oxygens (including phenoxy) is 1. The molecule has 0 radical (unpaired) electrons. The summed E-state index contributed by atoms with van der Waals surface area (Å²) in [4.78, 5) is 20.3. The minimum absolute atomic E-state index is 0.126. The van der Waals surface area contributed by atoms with Gasteiger partial charge in [0.25, 0.3) is 5.91 Å². The molecule has 1 saturated carbocycles. The second-order valence-corrected chi connectivity index (χ2v) is 8.77. The van der Waals surface area contributed by atoms with Gasteiger partial charge in [0, 0.05) is 36.1 Å². The number of aliphatic hydroxyl groups is 1. The summed E-state index contributed by atoms with van der Waals surface area (Å²) >= 11 is 0. The summed E-state index contributed by atoms with van der Waals surface area (Å²) in [5.74, 6) is 0.693. The maximum Gasteiger partial charge on any atom is 0.270 e. The van der Waals surface area contributed by atoms with E-state index in [1.165, 1.54) is 0 Å². The normalized spacial score (nSPS) is 23.1. The minimum atomic E-state index is -0.204. The van der Waals surface area contributed by atoms with Crippen LogP contribution in [-0.4, -0.2) is 58.8 Å². The number of rotatable bonds is 6. The molecule has 1 aromatic heterocycles. The average molecular weight is 432 g/mol. The number of nitrogens with one attached hydrogen (secondary N) is 1. The van der Waals surface area contributed by atoms with Crippen LogP contribution in [0.5, 0.6) is 5.75 Å². The molecule has 2 heterocycles. The highest BCUT2D eigenvalue weighted by atomic mass is 16.5. The minimum Gasteiger partial charge on any atom is -0.494 e. The first-order valence-electron chi connectivity index (χ1n) is 11.5. The van der Waals surface area contributed by atoms with Crippen molar-refractivity contribution in [2.45, 2.75) is 44.4 Å².